The lowest BCUT2D eigenvalue weighted by molar-refractivity contribution is -0.142. The highest BCUT2D eigenvalue weighted by molar-refractivity contribution is 5.97. The van der Waals surface area contributed by atoms with Crippen molar-refractivity contribution in [1.29, 1.82) is 5.26 Å². The largest absolute Gasteiger partial charge is 0.350 e. The highest BCUT2D eigenvalue weighted by Crippen LogP contribution is 2.48. The second-order valence-electron chi connectivity index (χ2n) is 13.7. The van der Waals surface area contributed by atoms with Gasteiger partial charge in [0, 0.05) is 30.4 Å². The summed E-state index contributed by atoms with van der Waals surface area (Å²) < 4.78 is 0. The Hall–Kier alpha value is -3.55. The van der Waals surface area contributed by atoms with Crippen LogP contribution in [0.3, 0.4) is 0 Å². The molecule has 11 heteroatoms. The number of carbonyl (C=O) groups is 4. The van der Waals surface area contributed by atoms with Crippen molar-refractivity contribution >= 4 is 23.6 Å². The molecule has 220 valence electrons. The van der Waals surface area contributed by atoms with Crippen molar-refractivity contribution in [1.82, 2.24) is 30.8 Å². The van der Waals surface area contributed by atoms with Crippen LogP contribution in [0.2, 0.25) is 0 Å². The number of hydrogen-bond donors (Lipinski definition) is 3. The van der Waals surface area contributed by atoms with Crippen molar-refractivity contribution in [3.05, 3.63) is 24.3 Å². The standard InChI is InChI=1S/C30H41N7O4/c1-28(2,3)23(35-25(39)21-17-32-11-12-33-21)27(41)37-18-29(7-5-4-6-8-29)15-22(37)26(40)34-20(16-31)13-19-14-30(9-10-30)36-24(19)38/h11-12,17,19-20,22-23H,4-10,13-15,18H2,1-3H3,(H,34,40)(H,35,39)(H,36,38)/t19-,20+,22+,23-/m1/s1. The SMILES string of the molecule is CC(C)(C)[C@H](NC(=O)c1cnccn1)C(=O)N1CC2(CCCCC2)C[C@H]1C(=O)N[C@H](C#N)C[C@@H]1CC2(CC2)NC1=O. The van der Waals surface area contributed by atoms with E-state index in [-0.39, 0.29) is 46.7 Å². The topological polar surface area (TPSA) is 157 Å². The molecule has 4 amide bonds. The maximum Gasteiger partial charge on any atom is 0.272 e. The molecule has 2 spiro atoms. The van der Waals surface area contributed by atoms with E-state index in [2.05, 4.69) is 32.0 Å². The van der Waals surface area contributed by atoms with Crippen LogP contribution in [0.15, 0.2) is 18.6 Å². The minimum Gasteiger partial charge on any atom is -0.350 e. The van der Waals surface area contributed by atoms with E-state index < -0.39 is 29.4 Å². The lowest BCUT2D eigenvalue weighted by Crippen LogP contribution is -2.58. The van der Waals surface area contributed by atoms with Crippen LogP contribution in [0.25, 0.3) is 0 Å². The van der Waals surface area contributed by atoms with E-state index in [0.717, 1.165) is 44.9 Å². The Balaban J connectivity index is 1.34. The molecule has 0 radical (unpaired) electrons. The van der Waals surface area contributed by atoms with E-state index in [1.807, 2.05) is 20.8 Å². The second-order valence-corrected chi connectivity index (χ2v) is 13.7. The molecule has 3 N–H and O–H groups in total. The summed E-state index contributed by atoms with van der Waals surface area (Å²) in [5.74, 6) is -1.57. The van der Waals surface area contributed by atoms with Crippen LogP contribution in [0.5, 0.6) is 0 Å². The summed E-state index contributed by atoms with van der Waals surface area (Å²) in [6, 6.07) is -0.329. The highest BCUT2D eigenvalue weighted by atomic mass is 16.2. The predicted molar refractivity (Wildman–Crippen MR) is 149 cm³/mol. The maximum atomic E-state index is 14.2. The number of nitrogens with zero attached hydrogens (tertiary/aromatic N) is 4. The van der Waals surface area contributed by atoms with Gasteiger partial charge in [-0.1, -0.05) is 40.0 Å². The smallest absolute Gasteiger partial charge is 0.272 e. The van der Waals surface area contributed by atoms with E-state index in [1.165, 1.54) is 18.6 Å². The van der Waals surface area contributed by atoms with Gasteiger partial charge in [0.1, 0.15) is 23.8 Å². The minimum absolute atomic E-state index is 0.0531. The first-order valence-electron chi connectivity index (χ1n) is 14.8. The number of nitriles is 1. The Labute approximate surface area is 241 Å². The van der Waals surface area contributed by atoms with Gasteiger partial charge in [-0.25, -0.2) is 4.98 Å². The van der Waals surface area contributed by atoms with Gasteiger partial charge in [0.2, 0.25) is 17.7 Å². The van der Waals surface area contributed by atoms with Gasteiger partial charge < -0.3 is 20.9 Å². The van der Waals surface area contributed by atoms with Gasteiger partial charge >= 0.3 is 0 Å². The van der Waals surface area contributed by atoms with Crippen molar-refractivity contribution in [3.8, 4) is 6.07 Å². The van der Waals surface area contributed by atoms with Gasteiger partial charge in [-0.15, -0.1) is 0 Å². The number of aromatic nitrogens is 2. The summed E-state index contributed by atoms with van der Waals surface area (Å²) in [6.07, 6.45) is 12.7. The molecule has 3 heterocycles. The van der Waals surface area contributed by atoms with Crippen LogP contribution in [0, 0.1) is 28.1 Å². The first kappa shape index (κ1) is 29.0. The van der Waals surface area contributed by atoms with Crippen LogP contribution in [-0.4, -0.2) is 68.7 Å². The zero-order chi connectivity index (χ0) is 29.4. The summed E-state index contributed by atoms with van der Waals surface area (Å²) in [5, 5.41) is 18.7. The van der Waals surface area contributed by atoms with Gasteiger partial charge in [-0.3, -0.25) is 24.2 Å². The number of likely N-dealkylation sites (tertiary alicyclic amines) is 1. The third-order valence-electron chi connectivity index (χ3n) is 9.43. The summed E-state index contributed by atoms with van der Waals surface area (Å²) in [7, 11) is 0. The molecular weight excluding hydrogens is 522 g/mol. The van der Waals surface area contributed by atoms with Crippen molar-refractivity contribution in [2.24, 2.45) is 16.7 Å². The van der Waals surface area contributed by atoms with E-state index in [4.69, 9.17) is 0 Å². The quantitative estimate of drug-likeness (QED) is 0.459. The van der Waals surface area contributed by atoms with E-state index >= 15 is 0 Å². The molecule has 11 nitrogen and oxygen atoms in total. The third-order valence-corrected chi connectivity index (χ3v) is 9.43. The van der Waals surface area contributed by atoms with Crippen molar-refractivity contribution in [2.75, 3.05) is 6.54 Å². The fraction of sp³-hybridized carbons (Fsp3) is 0.700. The molecule has 0 bridgehead atoms. The molecule has 41 heavy (non-hydrogen) atoms. The summed E-state index contributed by atoms with van der Waals surface area (Å²) in [5.41, 5.74) is -0.818. The molecule has 4 aliphatic rings. The Morgan fingerprint density at radius 1 is 1.12 bits per heavy atom. The summed E-state index contributed by atoms with van der Waals surface area (Å²) in [6.45, 7) is 6.05. The van der Waals surface area contributed by atoms with Gasteiger partial charge in [0.15, 0.2) is 0 Å². The molecule has 4 atom stereocenters. The number of hydrogen-bond acceptors (Lipinski definition) is 7. The van der Waals surface area contributed by atoms with Gasteiger partial charge in [-0.05, 0) is 55.8 Å². The maximum absolute atomic E-state index is 14.2. The van der Waals surface area contributed by atoms with Crippen LogP contribution in [-0.2, 0) is 14.4 Å². The average molecular weight is 564 g/mol. The van der Waals surface area contributed by atoms with Crippen LogP contribution >= 0.6 is 0 Å². The summed E-state index contributed by atoms with van der Waals surface area (Å²) >= 11 is 0. The molecule has 5 rings (SSSR count). The Morgan fingerprint density at radius 2 is 1.85 bits per heavy atom. The molecule has 2 aliphatic heterocycles. The molecule has 4 fully saturated rings. The lowest BCUT2D eigenvalue weighted by Gasteiger charge is -2.36. The monoisotopic (exact) mass is 563 g/mol. The van der Waals surface area contributed by atoms with E-state index in [0.29, 0.717) is 19.4 Å². The third kappa shape index (κ3) is 6.21. The van der Waals surface area contributed by atoms with Crippen molar-refractivity contribution < 1.29 is 19.2 Å². The zero-order valence-electron chi connectivity index (χ0n) is 24.2. The number of amides is 4. The Morgan fingerprint density at radius 3 is 2.44 bits per heavy atom. The molecule has 1 aromatic heterocycles. The molecule has 2 saturated heterocycles. The van der Waals surface area contributed by atoms with Crippen LogP contribution < -0.4 is 16.0 Å². The molecule has 0 aromatic carbocycles. The molecular formula is C30H41N7O4. The number of rotatable bonds is 7. The van der Waals surface area contributed by atoms with Crippen molar-refractivity contribution in [3.63, 3.8) is 0 Å². The lowest BCUT2D eigenvalue weighted by atomic mass is 9.72. The van der Waals surface area contributed by atoms with E-state index in [9.17, 15) is 24.4 Å². The van der Waals surface area contributed by atoms with E-state index in [1.54, 1.807) is 4.90 Å². The minimum atomic E-state index is -0.908. The zero-order valence-corrected chi connectivity index (χ0v) is 24.2. The average Bonchev–Trinajstić information content (AvgIpc) is 3.49. The Kier molecular flexibility index (Phi) is 7.79. The van der Waals surface area contributed by atoms with Crippen LogP contribution in [0.4, 0.5) is 0 Å². The molecule has 2 aliphatic carbocycles. The first-order valence-corrected chi connectivity index (χ1v) is 14.8. The first-order chi connectivity index (χ1) is 19.4. The van der Waals surface area contributed by atoms with Crippen molar-refractivity contribution in [2.45, 2.75) is 109 Å². The second kappa shape index (κ2) is 11.0. The van der Waals surface area contributed by atoms with Gasteiger partial charge in [0.25, 0.3) is 5.91 Å². The number of nitrogens with one attached hydrogen (secondary N) is 3. The van der Waals surface area contributed by atoms with Crippen LogP contribution in [0.1, 0.15) is 95.5 Å². The molecule has 0 unspecified atom stereocenters. The van der Waals surface area contributed by atoms with Gasteiger partial charge in [0.05, 0.1) is 12.3 Å². The van der Waals surface area contributed by atoms with Gasteiger partial charge in [-0.2, -0.15) is 5.26 Å². The highest BCUT2D eigenvalue weighted by Gasteiger charge is 2.54. The fourth-order valence-corrected chi connectivity index (χ4v) is 6.97. The number of carbonyl (C=O) groups excluding carboxylic acids is 4. The molecule has 2 saturated carbocycles. The fourth-order valence-electron chi connectivity index (χ4n) is 6.97. The summed E-state index contributed by atoms with van der Waals surface area (Å²) in [4.78, 5) is 63.2. The Bertz CT molecular complexity index is 1230. The predicted octanol–water partition coefficient (Wildman–Crippen LogP) is 2.24. The molecule has 1 aromatic rings. The normalized spacial score (nSPS) is 25.7.